The number of nitrogens with zero attached hydrogens (tertiary/aromatic N) is 2. The Morgan fingerprint density at radius 1 is 1.31 bits per heavy atom. The number of para-hydroxylation sites is 1. The molecule has 1 aromatic heterocycles. The number of aromatic nitrogens is 2. The molecule has 0 aliphatic rings. The van der Waals surface area contributed by atoms with Crippen molar-refractivity contribution in [2.45, 2.75) is 0 Å². The fraction of sp³-hybridized carbons (Fsp3) is 0.0909. The van der Waals surface area contributed by atoms with Gasteiger partial charge in [-0.15, -0.1) is 5.10 Å². The summed E-state index contributed by atoms with van der Waals surface area (Å²) in [6.07, 6.45) is 0. The molecule has 0 N–H and O–H groups in total. The summed E-state index contributed by atoms with van der Waals surface area (Å²) in [6, 6.07) is 10.3. The Morgan fingerprint density at radius 2 is 2.00 bits per heavy atom. The van der Waals surface area contributed by atoms with Crippen LogP contribution in [0, 0.1) is 0 Å². The monoisotopic (exact) mass is 236 g/mol. The molecule has 0 spiro atoms. The van der Waals surface area contributed by atoms with Crippen LogP contribution in [0.15, 0.2) is 41.2 Å². The molecule has 2 rings (SSSR count). The van der Waals surface area contributed by atoms with Gasteiger partial charge in [0.05, 0.1) is 12.8 Å². The standard InChI is InChI=1S/C11H9ClN2O2/c1-16-11-9(12)7-10(15)14(13-11)8-5-3-2-4-6-8/h2-7H,1H3. The van der Waals surface area contributed by atoms with Crippen LogP contribution in [0.4, 0.5) is 0 Å². The maximum atomic E-state index is 11.7. The Labute approximate surface area is 97.0 Å². The summed E-state index contributed by atoms with van der Waals surface area (Å²) in [7, 11) is 1.45. The molecule has 1 aromatic carbocycles. The molecule has 0 saturated carbocycles. The predicted molar refractivity (Wildman–Crippen MR) is 61.4 cm³/mol. The molecule has 5 heteroatoms. The van der Waals surface area contributed by atoms with Gasteiger partial charge in [-0.05, 0) is 12.1 Å². The summed E-state index contributed by atoms with van der Waals surface area (Å²) in [5.41, 5.74) is 0.375. The van der Waals surface area contributed by atoms with Gasteiger partial charge in [0.25, 0.3) is 11.4 Å². The molecule has 0 aliphatic carbocycles. The molecule has 4 nitrogen and oxygen atoms in total. The lowest BCUT2D eigenvalue weighted by molar-refractivity contribution is 0.386. The number of rotatable bonds is 2. The van der Waals surface area contributed by atoms with Crippen molar-refractivity contribution >= 4 is 11.6 Å². The van der Waals surface area contributed by atoms with E-state index in [2.05, 4.69) is 5.10 Å². The molecule has 0 saturated heterocycles. The minimum absolute atomic E-state index is 0.208. The SMILES string of the molecule is COc1nn(-c2ccccc2)c(=O)cc1Cl. The highest BCUT2D eigenvalue weighted by Crippen LogP contribution is 2.18. The number of benzene rings is 1. The summed E-state index contributed by atoms with van der Waals surface area (Å²) in [6.45, 7) is 0. The zero-order valence-electron chi connectivity index (χ0n) is 8.55. The second-order valence-corrected chi connectivity index (χ2v) is 3.49. The fourth-order valence-corrected chi connectivity index (χ4v) is 1.52. The van der Waals surface area contributed by atoms with Crippen molar-refractivity contribution in [1.82, 2.24) is 9.78 Å². The number of hydrogen-bond donors (Lipinski definition) is 0. The molecular weight excluding hydrogens is 228 g/mol. The number of halogens is 1. The van der Waals surface area contributed by atoms with Crippen LogP contribution in [-0.2, 0) is 0 Å². The summed E-state index contributed by atoms with van der Waals surface area (Å²) in [5, 5.41) is 4.22. The smallest absolute Gasteiger partial charge is 0.273 e. The minimum Gasteiger partial charge on any atom is -0.479 e. The van der Waals surface area contributed by atoms with E-state index in [0.717, 1.165) is 0 Å². The van der Waals surface area contributed by atoms with E-state index in [-0.39, 0.29) is 16.5 Å². The lowest BCUT2D eigenvalue weighted by Crippen LogP contribution is -2.20. The molecule has 0 bridgehead atoms. The van der Waals surface area contributed by atoms with Crippen molar-refractivity contribution in [3.05, 3.63) is 51.8 Å². The van der Waals surface area contributed by atoms with E-state index in [1.165, 1.54) is 17.9 Å². The second kappa shape index (κ2) is 4.37. The molecule has 82 valence electrons. The third-order valence-electron chi connectivity index (χ3n) is 2.05. The third-order valence-corrected chi connectivity index (χ3v) is 2.32. The van der Waals surface area contributed by atoms with Crippen LogP contribution in [0.1, 0.15) is 0 Å². The van der Waals surface area contributed by atoms with Crippen molar-refractivity contribution in [1.29, 1.82) is 0 Å². The predicted octanol–water partition coefficient (Wildman–Crippen LogP) is 1.89. The van der Waals surface area contributed by atoms with Crippen LogP contribution in [-0.4, -0.2) is 16.9 Å². The first-order chi connectivity index (χ1) is 7.72. The Balaban J connectivity index is 2.62. The van der Waals surface area contributed by atoms with Gasteiger partial charge >= 0.3 is 0 Å². The second-order valence-electron chi connectivity index (χ2n) is 3.09. The normalized spacial score (nSPS) is 10.1. The Morgan fingerprint density at radius 3 is 2.62 bits per heavy atom. The molecule has 2 aromatic rings. The van der Waals surface area contributed by atoms with Gasteiger partial charge in [-0.2, -0.15) is 4.68 Å². The van der Waals surface area contributed by atoms with Crippen LogP contribution < -0.4 is 10.3 Å². The van der Waals surface area contributed by atoms with E-state index in [0.29, 0.717) is 5.69 Å². The quantitative estimate of drug-likeness (QED) is 0.800. The highest BCUT2D eigenvalue weighted by Gasteiger charge is 2.07. The summed E-state index contributed by atoms with van der Waals surface area (Å²) < 4.78 is 6.20. The first-order valence-corrected chi connectivity index (χ1v) is 4.99. The first kappa shape index (κ1) is 10.7. The van der Waals surface area contributed by atoms with Crippen molar-refractivity contribution in [2.24, 2.45) is 0 Å². The summed E-state index contributed by atoms with van der Waals surface area (Å²) in [5.74, 6) is 0.227. The molecule has 0 fully saturated rings. The maximum absolute atomic E-state index is 11.7. The van der Waals surface area contributed by atoms with Gasteiger partial charge in [-0.1, -0.05) is 29.8 Å². The molecule has 0 unspecified atom stereocenters. The van der Waals surface area contributed by atoms with Gasteiger partial charge in [0, 0.05) is 6.07 Å². The van der Waals surface area contributed by atoms with E-state index in [9.17, 15) is 4.79 Å². The van der Waals surface area contributed by atoms with E-state index < -0.39 is 0 Å². The number of methoxy groups -OCH3 is 1. The molecule has 0 radical (unpaired) electrons. The average molecular weight is 237 g/mol. The molecule has 0 atom stereocenters. The van der Waals surface area contributed by atoms with E-state index in [1.807, 2.05) is 18.2 Å². The molecule has 0 amide bonds. The fourth-order valence-electron chi connectivity index (χ4n) is 1.31. The van der Waals surface area contributed by atoms with Crippen LogP contribution in [0.3, 0.4) is 0 Å². The molecular formula is C11H9ClN2O2. The van der Waals surface area contributed by atoms with Crippen LogP contribution >= 0.6 is 11.6 Å². The van der Waals surface area contributed by atoms with Gasteiger partial charge in [-0.25, -0.2) is 0 Å². The zero-order valence-corrected chi connectivity index (χ0v) is 9.31. The third kappa shape index (κ3) is 1.92. The topological polar surface area (TPSA) is 44.1 Å². The van der Waals surface area contributed by atoms with Crippen LogP contribution in [0.25, 0.3) is 5.69 Å². The Hall–Kier alpha value is -1.81. The lowest BCUT2D eigenvalue weighted by atomic mass is 10.3. The Bertz CT molecular complexity index is 552. The van der Waals surface area contributed by atoms with Crippen molar-refractivity contribution in [2.75, 3.05) is 7.11 Å². The first-order valence-electron chi connectivity index (χ1n) is 4.61. The van der Waals surface area contributed by atoms with Gasteiger partial charge < -0.3 is 4.74 Å². The molecule has 1 heterocycles. The van der Waals surface area contributed by atoms with Crippen molar-refractivity contribution in [3.63, 3.8) is 0 Å². The van der Waals surface area contributed by atoms with E-state index >= 15 is 0 Å². The highest BCUT2D eigenvalue weighted by atomic mass is 35.5. The van der Waals surface area contributed by atoms with Gasteiger partial charge in [-0.3, -0.25) is 4.79 Å². The summed E-state index contributed by atoms with van der Waals surface area (Å²) in [4.78, 5) is 11.7. The Kier molecular flexibility index (Phi) is 2.92. The van der Waals surface area contributed by atoms with Gasteiger partial charge in [0.15, 0.2) is 0 Å². The van der Waals surface area contributed by atoms with Crippen LogP contribution in [0.2, 0.25) is 5.02 Å². The average Bonchev–Trinajstić information content (AvgIpc) is 2.30. The van der Waals surface area contributed by atoms with E-state index in [1.54, 1.807) is 12.1 Å². The van der Waals surface area contributed by atoms with Crippen LogP contribution in [0.5, 0.6) is 5.88 Å². The van der Waals surface area contributed by atoms with Gasteiger partial charge in [0.1, 0.15) is 5.02 Å². The lowest BCUT2D eigenvalue weighted by Gasteiger charge is -2.06. The maximum Gasteiger partial charge on any atom is 0.273 e. The number of ether oxygens (including phenoxy) is 1. The van der Waals surface area contributed by atoms with Crippen molar-refractivity contribution in [3.8, 4) is 11.6 Å². The molecule has 0 aliphatic heterocycles. The zero-order chi connectivity index (χ0) is 11.5. The van der Waals surface area contributed by atoms with Crippen molar-refractivity contribution < 1.29 is 4.74 Å². The molecule has 16 heavy (non-hydrogen) atoms. The highest BCUT2D eigenvalue weighted by molar-refractivity contribution is 6.31. The minimum atomic E-state index is -0.294. The van der Waals surface area contributed by atoms with Gasteiger partial charge in [0.2, 0.25) is 0 Å². The largest absolute Gasteiger partial charge is 0.479 e. The number of hydrogen-bond acceptors (Lipinski definition) is 3. The van der Waals surface area contributed by atoms with E-state index in [4.69, 9.17) is 16.3 Å². The summed E-state index contributed by atoms with van der Waals surface area (Å²) >= 11 is 5.79.